The summed E-state index contributed by atoms with van der Waals surface area (Å²) >= 11 is 0. The van der Waals surface area contributed by atoms with Crippen molar-refractivity contribution in [2.45, 2.75) is 51.2 Å². The molecule has 0 spiro atoms. The molecule has 1 rings (SSSR count). The topological polar surface area (TPSA) is 63.3 Å². The Balaban J connectivity index is 2.61. The van der Waals surface area contributed by atoms with Crippen LogP contribution in [0, 0.1) is 5.92 Å². The van der Waals surface area contributed by atoms with Gasteiger partial charge in [-0.15, -0.1) is 0 Å². The van der Waals surface area contributed by atoms with Crippen molar-refractivity contribution in [2.24, 2.45) is 11.7 Å². The lowest BCUT2D eigenvalue weighted by molar-refractivity contribution is -0.144. The maximum Gasteiger partial charge on any atom is 0.166 e. The van der Waals surface area contributed by atoms with Crippen molar-refractivity contribution >= 4 is 5.78 Å². The second-order valence-electron chi connectivity index (χ2n) is 4.39. The number of Topliss-reactive ketones (excluding diaryl/α,β-unsaturated/α-hetero) is 1. The van der Waals surface area contributed by atoms with Gasteiger partial charge in [-0.2, -0.15) is 0 Å². The number of aliphatic hydroxyl groups is 1. The zero-order valence-electron chi connectivity index (χ0n) is 8.42. The average molecular weight is 185 g/mol. The lowest BCUT2D eigenvalue weighted by Crippen LogP contribution is -2.46. The van der Waals surface area contributed by atoms with Gasteiger partial charge in [-0.25, -0.2) is 0 Å². The van der Waals surface area contributed by atoms with Crippen LogP contribution in [0.4, 0.5) is 0 Å². The Kier molecular flexibility index (Phi) is 3.09. The number of carbonyl (C=O) groups excluding carboxylic acids is 1. The summed E-state index contributed by atoms with van der Waals surface area (Å²) in [7, 11) is 0. The molecule has 0 aromatic rings. The average Bonchev–Trinajstić information content (AvgIpc) is 2.09. The van der Waals surface area contributed by atoms with Crippen LogP contribution < -0.4 is 5.73 Å². The van der Waals surface area contributed by atoms with Gasteiger partial charge in [0, 0.05) is 12.0 Å². The summed E-state index contributed by atoms with van der Waals surface area (Å²) in [6, 6.07) is 0.167. The Morgan fingerprint density at radius 1 is 1.46 bits per heavy atom. The number of ketones is 1. The van der Waals surface area contributed by atoms with Crippen LogP contribution in [0.25, 0.3) is 0 Å². The summed E-state index contributed by atoms with van der Waals surface area (Å²) in [6.45, 7) is 3.66. The van der Waals surface area contributed by atoms with Gasteiger partial charge in [-0.05, 0) is 25.7 Å². The molecule has 3 heteroatoms. The highest BCUT2D eigenvalue weighted by Gasteiger charge is 2.39. The molecule has 0 unspecified atom stereocenters. The number of carbonyl (C=O) groups is 1. The molecule has 0 aromatic carbocycles. The van der Waals surface area contributed by atoms with Crippen molar-refractivity contribution in [2.75, 3.05) is 0 Å². The van der Waals surface area contributed by atoms with Gasteiger partial charge in [0.2, 0.25) is 0 Å². The van der Waals surface area contributed by atoms with Gasteiger partial charge < -0.3 is 10.8 Å². The maximum atomic E-state index is 11.6. The minimum absolute atomic E-state index is 0.0283. The van der Waals surface area contributed by atoms with Gasteiger partial charge in [-0.3, -0.25) is 4.79 Å². The molecular weight excluding hydrogens is 166 g/mol. The predicted molar refractivity (Wildman–Crippen MR) is 51.2 cm³/mol. The highest BCUT2D eigenvalue weighted by atomic mass is 16.3. The van der Waals surface area contributed by atoms with E-state index in [1.807, 2.05) is 13.8 Å². The van der Waals surface area contributed by atoms with Gasteiger partial charge in [0.15, 0.2) is 5.78 Å². The smallest absolute Gasteiger partial charge is 0.166 e. The molecule has 3 nitrogen and oxygen atoms in total. The summed E-state index contributed by atoms with van der Waals surface area (Å²) in [5.74, 6) is -0.112. The van der Waals surface area contributed by atoms with Crippen molar-refractivity contribution in [3.8, 4) is 0 Å². The van der Waals surface area contributed by atoms with Crippen LogP contribution in [0.15, 0.2) is 0 Å². The van der Waals surface area contributed by atoms with E-state index >= 15 is 0 Å². The fraction of sp³-hybridized carbons (Fsp3) is 0.900. The van der Waals surface area contributed by atoms with Gasteiger partial charge >= 0.3 is 0 Å². The van der Waals surface area contributed by atoms with Crippen LogP contribution in [0.5, 0.6) is 0 Å². The van der Waals surface area contributed by atoms with Gasteiger partial charge in [0.25, 0.3) is 0 Å². The van der Waals surface area contributed by atoms with Crippen molar-refractivity contribution in [3.63, 3.8) is 0 Å². The third kappa shape index (κ3) is 2.29. The van der Waals surface area contributed by atoms with Crippen molar-refractivity contribution in [3.05, 3.63) is 0 Å². The molecule has 0 radical (unpaired) electrons. The molecular formula is C10H19NO2. The first kappa shape index (κ1) is 10.7. The zero-order chi connectivity index (χ0) is 10.1. The summed E-state index contributed by atoms with van der Waals surface area (Å²) in [5, 5.41) is 10.0. The van der Waals surface area contributed by atoms with E-state index in [9.17, 15) is 9.90 Å². The predicted octanol–water partition coefficient (Wildman–Crippen LogP) is 0.844. The van der Waals surface area contributed by atoms with Gasteiger partial charge in [0.05, 0.1) is 0 Å². The SMILES string of the molecule is CC(C)C(=O)C1(O)CCC(N)CC1. The number of nitrogens with two attached hydrogens (primary N) is 1. The van der Waals surface area contributed by atoms with Crippen LogP contribution in [0.1, 0.15) is 39.5 Å². The molecule has 1 aliphatic rings. The molecule has 0 heterocycles. The number of hydrogen-bond donors (Lipinski definition) is 2. The largest absolute Gasteiger partial charge is 0.382 e. The molecule has 3 N–H and O–H groups in total. The fourth-order valence-corrected chi connectivity index (χ4v) is 1.90. The molecule has 0 saturated heterocycles. The molecule has 0 amide bonds. The third-order valence-electron chi connectivity index (χ3n) is 2.84. The van der Waals surface area contributed by atoms with E-state index in [0.717, 1.165) is 12.8 Å². The monoisotopic (exact) mass is 185 g/mol. The highest BCUT2D eigenvalue weighted by molar-refractivity contribution is 5.88. The quantitative estimate of drug-likeness (QED) is 0.670. The normalized spacial score (nSPS) is 35.0. The van der Waals surface area contributed by atoms with E-state index in [1.165, 1.54) is 0 Å². The van der Waals surface area contributed by atoms with Crippen LogP contribution in [-0.2, 0) is 4.79 Å². The Morgan fingerprint density at radius 2 is 1.92 bits per heavy atom. The Bertz CT molecular complexity index is 193. The van der Waals surface area contributed by atoms with E-state index in [-0.39, 0.29) is 17.7 Å². The second-order valence-corrected chi connectivity index (χ2v) is 4.39. The highest BCUT2D eigenvalue weighted by Crippen LogP contribution is 2.30. The van der Waals surface area contributed by atoms with Crippen molar-refractivity contribution in [1.29, 1.82) is 0 Å². The van der Waals surface area contributed by atoms with E-state index in [0.29, 0.717) is 12.8 Å². The lowest BCUT2D eigenvalue weighted by Gasteiger charge is -2.34. The maximum absolute atomic E-state index is 11.6. The summed E-state index contributed by atoms with van der Waals surface area (Å²) in [4.78, 5) is 11.6. The van der Waals surface area contributed by atoms with Gasteiger partial charge in [0.1, 0.15) is 5.60 Å². The first-order valence-electron chi connectivity index (χ1n) is 4.98. The summed E-state index contributed by atoms with van der Waals surface area (Å²) in [6.07, 6.45) is 2.58. The minimum atomic E-state index is -1.08. The first-order valence-corrected chi connectivity index (χ1v) is 4.98. The fourth-order valence-electron chi connectivity index (χ4n) is 1.90. The van der Waals surface area contributed by atoms with E-state index in [2.05, 4.69) is 0 Å². The molecule has 0 aromatic heterocycles. The lowest BCUT2D eigenvalue weighted by atomic mass is 9.77. The van der Waals surface area contributed by atoms with Crippen LogP contribution >= 0.6 is 0 Å². The Hall–Kier alpha value is -0.410. The van der Waals surface area contributed by atoms with Crippen LogP contribution in [0.3, 0.4) is 0 Å². The Morgan fingerprint density at radius 3 is 2.31 bits per heavy atom. The summed E-state index contributed by atoms with van der Waals surface area (Å²) in [5.41, 5.74) is 4.63. The first-order chi connectivity index (χ1) is 5.96. The molecule has 13 heavy (non-hydrogen) atoms. The van der Waals surface area contributed by atoms with E-state index in [4.69, 9.17) is 5.73 Å². The molecule has 1 aliphatic carbocycles. The third-order valence-corrected chi connectivity index (χ3v) is 2.84. The summed E-state index contributed by atoms with van der Waals surface area (Å²) < 4.78 is 0. The van der Waals surface area contributed by atoms with Crippen molar-refractivity contribution < 1.29 is 9.90 Å². The zero-order valence-corrected chi connectivity index (χ0v) is 8.42. The van der Waals surface area contributed by atoms with E-state index in [1.54, 1.807) is 0 Å². The molecule has 76 valence electrons. The number of hydrogen-bond acceptors (Lipinski definition) is 3. The van der Waals surface area contributed by atoms with E-state index < -0.39 is 5.60 Å². The second kappa shape index (κ2) is 3.76. The van der Waals surface area contributed by atoms with Crippen LogP contribution in [-0.4, -0.2) is 22.5 Å². The number of rotatable bonds is 2. The standard InChI is InChI=1S/C10H19NO2/c1-7(2)9(12)10(13)5-3-8(11)4-6-10/h7-8,13H,3-6,11H2,1-2H3. The Labute approximate surface area is 79.3 Å². The molecule has 0 atom stereocenters. The minimum Gasteiger partial charge on any atom is -0.382 e. The van der Waals surface area contributed by atoms with Crippen molar-refractivity contribution in [1.82, 2.24) is 0 Å². The molecule has 0 aliphatic heterocycles. The van der Waals surface area contributed by atoms with Crippen LogP contribution in [0.2, 0.25) is 0 Å². The van der Waals surface area contributed by atoms with Gasteiger partial charge in [-0.1, -0.05) is 13.8 Å². The molecule has 0 bridgehead atoms. The molecule has 1 fully saturated rings. The molecule has 1 saturated carbocycles.